The van der Waals surface area contributed by atoms with Gasteiger partial charge in [-0.1, -0.05) is 25.0 Å². The summed E-state index contributed by atoms with van der Waals surface area (Å²) in [5, 5.41) is 6.34. The van der Waals surface area contributed by atoms with E-state index in [1.807, 2.05) is 31.2 Å². The number of carbonyl (C=O) groups excluding carboxylic acids is 1. The molecule has 2 N–H and O–H groups in total. The third-order valence-electron chi connectivity index (χ3n) is 3.88. The van der Waals surface area contributed by atoms with Crippen LogP contribution in [-0.2, 0) is 4.79 Å². The van der Waals surface area contributed by atoms with Crippen molar-refractivity contribution in [2.75, 3.05) is 13.7 Å². The van der Waals surface area contributed by atoms with Crippen molar-refractivity contribution >= 4 is 5.91 Å². The first kappa shape index (κ1) is 14.9. The summed E-state index contributed by atoms with van der Waals surface area (Å²) in [4.78, 5) is 11.9. The number of rotatable bonds is 6. The minimum atomic E-state index is -0.0111. The summed E-state index contributed by atoms with van der Waals surface area (Å²) in [6, 6.07) is 8.30. The predicted octanol–water partition coefficient (Wildman–Crippen LogP) is 2.40. The zero-order valence-corrected chi connectivity index (χ0v) is 12.3. The standard InChI is InChI=1S/C16H24N2O2/c1-12(13-6-5-9-15(10-13)20-2)18-16(19)11-17-14-7-3-4-8-14/h5-6,9-10,12,14,17H,3-4,7-8,11H2,1-2H3,(H,18,19). The zero-order valence-electron chi connectivity index (χ0n) is 12.3. The van der Waals surface area contributed by atoms with Gasteiger partial charge in [-0.25, -0.2) is 0 Å². The van der Waals surface area contributed by atoms with Crippen LogP contribution in [0.4, 0.5) is 0 Å². The van der Waals surface area contributed by atoms with Crippen LogP contribution in [0.25, 0.3) is 0 Å². The first-order valence-electron chi connectivity index (χ1n) is 7.35. The highest BCUT2D eigenvalue weighted by Crippen LogP contribution is 2.19. The Kier molecular flexibility index (Phi) is 5.41. The molecule has 1 saturated carbocycles. The Hall–Kier alpha value is -1.55. The van der Waals surface area contributed by atoms with Gasteiger partial charge in [-0.05, 0) is 37.5 Å². The highest BCUT2D eigenvalue weighted by atomic mass is 16.5. The largest absolute Gasteiger partial charge is 0.497 e. The van der Waals surface area contributed by atoms with E-state index in [2.05, 4.69) is 10.6 Å². The molecule has 1 aromatic rings. The highest BCUT2D eigenvalue weighted by molar-refractivity contribution is 5.78. The average molecular weight is 276 g/mol. The monoisotopic (exact) mass is 276 g/mol. The third-order valence-corrected chi connectivity index (χ3v) is 3.88. The van der Waals surface area contributed by atoms with Gasteiger partial charge in [0.1, 0.15) is 5.75 Å². The van der Waals surface area contributed by atoms with E-state index in [1.54, 1.807) is 7.11 Å². The number of benzene rings is 1. The fourth-order valence-electron chi connectivity index (χ4n) is 2.65. The van der Waals surface area contributed by atoms with Gasteiger partial charge in [0.2, 0.25) is 5.91 Å². The maximum Gasteiger partial charge on any atom is 0.234 e. The molecule has 1 atom stereocenters. The number of ether oxygens (including phenoxy) is 1. The second-order valence-electron chi connectivity index (χ2n) is 5.43. The molecular weight excluding hydrogens is 252 g/mol. The lowest BCUT2D eigenvalue weighted by molar-refractivity contribution is -0.121. The van der Waals surface area contributed by atoms with Gasteiger partial charge in [0.15, 0.2) is 0 Å². The van der Waals surface area contributed by atoms with E-state index in [-0.39, 0.29) is 11.9 Å². The third kappa shape index (κ3) is 4.23. The molecule has 0 heterocycles. The number of methoxy groups -OCH3 is 1. The van der Waals surface area contributed by atoms with Crippen molar-refractivity contribution in [2.45, 2.75) is 44.7 Å². The quantitative estimate of drug-likeness (QED) is 0.839. The number of carbonyl (C=O) groups is 1. The second-order valence-corrected chi connectivity index (χ2v) is 5.43. The SMILES string of the molecule is COc1cccc(C(C)NC(=O)CNC2CCCC2)c1. The zero-order chi connectivity index (χ0) is 14.4. The van der Waals surface area contributed by atoms with Gasteiger partial charge < -0.3 is 15.4 Å². The van der Waals surface area contributed by atoms with E-state index in [1.165, 1.54) is 25.7 Å². The van der Waals surface area contributed by atoms with Crippen molar-refractivity contribution < 1.29 is 9.53 Å². The van der Waals surface area contributed by atoms with Gasteiger partial charge >= 0.3 is 0 Å². The fourth-order valence-corrected chi connectivity index (χ4v) is 2.65. The van der Waals surface area contributed by atoms with E-state index >= 15 is 0 Å². The molecule has 20 heavy (non-hydrogen) atoms. The van der Waals surface area contributed by atoms with Crippen LogP contribution in [0.5, 0.6) is 5.75 Å². The molecule has 0 saturated heterocycles. The van der Waals surface area contributed by atoms with Gasteiger partial charge in [-0.2, -0.15) is 0 Å². The normalized spacial score (nSPS) is 16.9. The van der Waals surface area contributed by atoms with Crippen molar-refractivity contribution in [2.24, 2.45) is 0 Å². The Bertz CT molecular complexity index is 442. The molecule has 0 bridgehead atoms. The lowest BCUT2D eigenvalue weighted by atomic mass is 10.1. The van der Waals surface area contributed by atoms with Crippen molar-refractivity contribution in [3.8, 4) is 5.75 Å². The molecule has 4 heteroatoms. The van der Waals surface area contributed by atoms with Crippen LogP contribution in [0, 0.1) is 0 Å². The van der Waals surface area contributed by atoms with Gasteiger partial charge in [-0.15, -0.1) is 0 Å². The topological polar surface area (TPSA) is 50.4 Å². The Labute approximate surface area is 120 Å². The highest BCUT2D eigenvalue weighted by Gasteiger charge is 2.16. The molecule has 0 radical (unpaired) electrons. The van der Waals surface area contributed by atoms with Crippen LogP contribution in [0.3, 0.4) is 0 Å². The molecule has 0 aromatic heterocycles. The molecule has 1 fully saturated rings. The molecule has 110 valence electrons. The van der Waals surface area contributed by atoms with Crippen LogP contribution in [0.15, 0.2) is 24.3 Å². The van der Waals surface area contributed by atoms with Crippen LogP contribution < -0.4 is 15.4 Å². The van der Waals surface area contributed by atoms with Gasteiger partial charge in [0, 0.05) is 6.04 Å². The maximum absolute atomic E-state index is 11.9. The first-order valence-corrected chi connectivity index (χ1v) is 7.35. The van der Waals surface area contributed by atoms with Crippen LogP contribution in [0.1, 0.15) is 44.2 Å². The summed E-state index contributed by atoms with van der Waals surface area (Å²) < 4.78 is 5.20. The van der Waals surface area contributed by atoms with Crippen molar-refractivity contribution in [1.29, 1.82) is 0 Å². The minimum Gasteiger partial charge on any atom is -0.497 e. The number of hydrogen-bond acceptors (Lipinski definition) is 3. The van der Waals surface area contributed by atoms with Crippen LogP contribution >= 0.6 is 0 Å². The summed E-state index contributed by atoms with van der Waals surface area (Å²) >= 11 is 0. The Balaban J connectivity index is 1.80. The average Bonchev–Trinajstić information content (AvgIpc) is 2.98. The molecule has 1 aliphatic rings. The minimum absolute atomic E-state index is 0.0111. The molecule has 0 aliphatic heterocycles. The summed E-state index contributed by atoms with van der Waals surface area (Å²) in [6.07, 6.45) is 4.94. The summed E-state index contributed by atoms with van der Waals surface area (Å²) in [7, 11) is 1.65. The Morgan fingerprint density at radius 2 is 2.15 bits per heavy atom. The molecule has 1 amide bonds. The molecule has 1 unspecified atom stereocenters. The molecule has 1 aliphatic carbocycles. The summed E-state index contributed by atoms with van der Waals surface area (Å²) in [5.41, 5.74) is 1.05. The van der Waals surface area contributed by atoms with Gasteiger partial charge in [0.25, 0.3) is 0 Å². The van der Waals surface area contributed by atoms with Crippen molar-refractivity contribution in [1.82, 2.24) is 10.6 Å². The number of hydrogen-bond donors (Lipinski definition) is 2. The molecule has 2 rings (SSSR count). The van der Waals surface area contributed by atoms with E-state index in [4.69, 9.17) is 4.74 Å². The predicted molar refractivity (Wildman–Crippen MR) is 79.8 cm³/mol. The Morgan fingerprint density at radius 1 is 1.40 bits per heavy atom. The van der Waals surface area contributed by atoms with E-state index < -0.39 is 0 Å². The summed E-state index contributed by atoms with van der Waals surface area (Å²) in [5.74, 6) is 0.861. The fraction of sp³-hybridized carbons (Fsp3) is 0.562. The van der Waals surface area contributed by atoms with E-state index in [0.29, 0.717) is 12.6 Å². The van der Waals surface area contributed by atoms with Crippen LogP contribution in [-0.4, -0.2) is 25.6 Å². The molecular formula is C16H24N2O2. The number of nitrogens with one attached hydrogen (secondary N) is 2. The lowest BCUT2D eigenvalue weighted by Gasteiger charge is -2.17. The molecule has 4 nitrogen and oxygen atoms in total. The van der Waals surface area contributed by atoms with E-state index in [0.717, 1.165) is 11.3 Å². The lowest BCUT2D eigenvalue weighted by Crippen LogP contribution is -2.39. The summed E-state index contributed by atoms with van der Waals surface area (Å²) in [6.45, 7) is 2.39. The molecule has 0 spiro atoms. The second kappa shape index (κ2) is 7.29. The first-order chi connectivity index (χ1) is 9.69. The number of amides is 1. The smallest absolute Gasteiger partial charge is 0.234 e. The van der Waals surface area contributed by atoms with E-state index in [9.17, 15) is 4.79 Å². The van der Waals surface area contributed by atoms with Crippen molar-refractivity contribution in [3.05, 3.63) is 29.8 Å². The molecule has 1 aromatic carbocycles. The maximum atomic E-state index is 11.9. The Morgan fingerprint density at radius 3 is 2.85 bits per heavy atom. The van der Waals surface area contributed by atoms with Gasteiger partial charge in [-0.3, -0.25) is 4.79 Å². The van der Waals surface area contributed by atoms with Gasteiger partial charge in [0.05, 0.1) is 19.7 Å². The van der Waals surface area contributed by atoms with Crippen LogP contribution in [0.2, 0.25) is 0 Å². The van der Waals surface area contributed by atoms with Crippen molar-refractivity contribution in [3.63, 3.8) is 0 Å².